The van der Waals surface area contributed by atoms with Crippen molar-refractivity contribution >= 4 is 28.9 Å². The molecule has 2 bridgehead atoms. The van der Waals surface area contributed by atoms with E-state index in [0.29, 0.717) is 11.9 Å². The summed E-state index contributed by atoms with van der Waals surface area (Å²) in [4.78, 5) is 26.7. The molecule has 1 amide bonds. The molecular formula is C29H34N6O3. The van der Waals surface area contributed by atoms with Crippen molar-refractivity contribution in [2.45, 2.75) is 18.9 Å². The maximum atomic E-state index is 13.0. The highest BCUT2D eigenvalue weighted by atomic mass is 16.5. The summed E-state index contributed by atoms with van der Waals surface area (Å²) in [6, 6.07) is 18.2. The number of hydrogen-bond acceptors (Lipinski definition) is 8. The van der Waals surface area contributed by atoms with E-state index in [1.165, 1.54) is 5.69 Å². The molecule has 198 valence electrons. The molecule has 7 rings (SSSR count). The van der Waals surface area contributed by atoms with E-state index in [9.17, 15) is 9.90 Å². The number of nitrogens with zero attached hydrogens (tertiary/aromatic N) is 4. The maximum Gasteiger partial charge on any atom is 0.229 e. The summed E-state index contributed by atoms with van der Waals surface area (Å²) < 4.78 is 5.44. The molecule has 2 aromatic carbocycles. The molecule has 4 aliphatic rings. The second kappa shape index (κ2) is 11.1. The van der Waals surface area contributed by atoms with Gasteiger partial charge in [-0.2, -0.15) is 0 Å². The highest BCUT2D eigenvalue weighted by Gasteiger charge is 2.42. The van der Waals surface area contributed by atoms with Crippen LogP contribution in [0.5, 0.6) is 0 Å². The van der Waals surface area contributed by atoms with Crippen molar-refractivity contribution in [1.29, 1.82) is 0 Å². The molecule has 0 saturated carbocycles. The molecule has 3 aromatic rings. The fraction of sp³-hybridized carbons (Fsp3) is 0.414. The van der Waals surface area contributed by atoms with Gasteiger partial charge in [-0.3, -0.25) is 9.69 Å². The third kappa shape index (κ3) is 5.36. The Kier molecular flexibility index (Phi) is 7.22. The van der Waals surface area contributed by atoms with Crippen LogP contribution in [-0.4, -0.2) is 77.9 Å². The molecule has 4 fully saturated rings. The summed E-state index contributed by atoms with van der Waals surface area (Å²) >= 11 is 0. The van der Waals surface area contributed by atoms with Crippen LogP contribution < -0.4 is 15.5 Å². The van der Waals surface area contributed by atoms with Crippen molar-refractivity contribution in [3.63, 3.8) is 0 Å². The van der Waals surface area contributed by atoms with Gasteiger partial charge in [0.2, 0.25) is 11.9 Å². The molecule has 3 N–H and O–H groups in total. The van der Waals surface area contributed by atoms with Crippen LogP contribution in [0.2, 0.25) is 0 Å². The lowest BCUT2D eigenvalue weighted by Gasteiger charge is -2.48. The van der Waals surface area contributed by atoms with Gasteiger partial charge < -0.3 is 25.4 Å². The second-order valence-electron chi connectivity index (χ2n) is 10.3. The number of aliphatic hydroxyl groups excluding tert-OH is 1. The average Bonchev–Trinajstić information content (AvgIpc) is 2.98. The van der Waals surface area contributed by atoms with Crippen LogP contribution in [0, 0.1) is 11.8 Å². The van der Waals surface area contributed by atoms with Crippen molar-refractivity contribution in [3.05, 3.63) is 60.8 Å². The third-order valence-electron chi connectivity index (χ3n) is 8.03. The number of nitrogens with one attached hydrogen (secondary N) is 2. The highest BCUT2D eigenvalue weighted by molar-refractivity contribution is 5.93. The number of morpholine rings is 1. The quantitative estimate of drug-likeness (QED) is 0.441. The van der Waals surface area contributed by atoms with E-state index >= 15 is 0 Å². The van der Waals surface area contributed by atoms with E-state index < -0.39 is 0 Å². The van der Waals surface area contributed by atoms with Crippen LogP contribution in [0.3, 0.4) is 0 Å². The van der Waals surface area contributed by atoms with Gasteiger partial charge in [-0.05, 0) is 67.8 Å². The van der Waals surface area contributed by atoms with E-state index in [2.05, 4.69) is 37.6 Å². The number of rotatable bonds is 7. The molecule has 9 nitrogen and oxygen atoms in total. The molecule has 4 saturated heterocycles. The average molecular weight is 515 g/mol. The Labute approximate surface area is 222 Å². The minimum Gasteiger partial charge on any atom is -0.395 e. The van der Waals surface area contributed by atoms with Gasteiger partial charge in [0.05, 0.1) is 31.4 Å². The number of benzene rings is 2. The lowest BCUT2D eigenvalue weighted by Crippen LogP contribution is -2.57. The van der Waals surface area contributed by atoms with E-state index in [0.717, 1.165) is 74.9 Å². The van der Waals surface area contributed by atoms with Crippen LogP contribution >= 0.6 is 0 Å². The Hall–Kier alpha value is -3.53. The van der Waals surface area contributed by atoms with Crippen molar-refractivity contribution in [2.24, 2.45) is 11.8 Å². The first-order valence-corrected chi connectivity index (χ1v) is 13.5. The van der Waals surface area contributed by atoms with Gasteiger partial charge in [0, 0.05) is 54.5 Å². The Bertz CT molecular complexity index is 1250. The number of carbonyl (C=O) groups is 1. The van der Waals surface area contributed by atoms with Gasteiger partial charge in [-0.25, -0.2) is 9.97 Å². The largest absolute Gasteiger partial charge is 0.395 e. The van der Waals surface area contributed by atoms with Crippen LogP contribution in [0.4, 0.5) is 23.0 Å². The lowest BCUT2D eigenvalue weighted by molar-refractivity contribution is -0.128. The molecule has 0 radical (unpaired) electrons. The molecule has 2 unspecified atom stereocenters. The Morgan fingerprint density at radius 2 is 1.76 bits per heavy atom. The molecule has 0 aliphatic carbocycles. The molecule has 38 heavy (non-hydrogen) atoms. The Morgan fingerprint density at radius 3 is 2.47 bits per heavy atom. The predicted octanol–water partition coefficient (Wildman–Crippen LogP) is 3.37. The molecular weight excluding hydrogens is 480 g/mol. The number of hydrogen-bond donors (Lipinski definition) is 3. The molecule has 4 aliphatic heterocycles. The summed E-state index contributed by atoms with van der Waals surface area (Å²) in [5.41, 5.74) is 4.64. The van der Waals surface area contributed by atoms with Gasteiger partial charge >= 0.3 is 0 Å². The normalized spacial score (nSPS) is 24.7. The fourth-order valence-corrected chi connectivity index (χ4v) is 5.87. The molecule has 4 atom stereocenters. The zero-order valence-corrected chi connectivity index (χ0v) is 21.4. The summed E-state index contributed by atoms with van der Waals surface area (Å²) in [7, 11) is 0. The van der Waals surface area contributed by atoms with E-state index in [-0.39, 0.29) is 24.5 Å². The SMILES string of the molecule is O=C(Nc1ccc(-c2ccnc(Nc3ccc(N4CCOCC4)cc3)n2)cc1)[C@@H]1CN2CCC1C[C@H]2CO. The van der Waals surface area contributed by atoms with Crippen LogP contribution in [0.1, 0.15) is 12.8 Å². The topological polar surface area (TPSA) is 103 Å². The van der Waals surface area contributed by atoms with Crippen molar-refractivity contribution < 1.29 is 14.6 Å². The first-order valence-electron chi connectivity index (χ1n) is 13.5. The number of amides is 1. The van der Waals surface area contributed by atoms with Gasteiger partial charge in [-0.1, -0.05) is 12.1 Å². The highest BCUT2D eigenvalue weighted by Crippen LogP contribution is 2.36. The van der Waals surface area contributed by atoms with Crippen molar-refractivity contribution in [3.8, 4) is 11.3 Å². The number of piperidine rings is 3. The zero-order valence-electron chi connectivity index (χ0n) is 21.4. The molecule has 1 aromatic heterocycles. The number of ether oxygens (including phenoxy) is 1. The number of aromatic nitrogens is 2. The Morgan fingerprint density at radius 1 is 1.00 bits per heavy atom. The van der Waals surface area contributed by atoms with Gasteiger partial charge in [0.25, 0.3) is 0 Å². The van der Waals surface area contributed by atoms with Gasteiger partial charge in [-0.15, -0.1) is 0 Å². The molecule has 9 heteroatoms. The van der Waals surface area contributed by atoms with Crippen molar-refractivity contribution in [2.75, 3.05) is 61.5 Å². The monoisotopic (exact) mass is 514 g/mol. The summed E-state index contributed by atoms with van der Waals surface area (Å²) in [6.07, 6.45) is 3.67. The fourth-order valence-electron chi connectivity index (χ4n) is 5.87. The third-order valence-corrected chi connectivity index (χ3v) is 8.03. The minimum atomic E-state index is -0.0235. The second-order valence-corrected chi connectivity index (χ2v) is 10.3. The summed E-state index contributed by atoms with van der Waals surface area (Å²) in [5, 5.41) is 16.0. The van der Waals surface area contributed by atoms with Gasteiger partial charge in [0.15, 0.2) is 0 Å². The maximum absolute atomic E-state index is 13.0. The summed E-state index contributed by atoms with van der Waals surface area (Å²) in [5.74, 6) is 0.920. The number of fused-ring (bicyclic) bond motifs is 3. The molecule has 5 heterocycles. The van der Waals surface area contributed by atoms with E-state index in [1.807, 2.05) is 42.5 Å². The van der Waals surface area contributed by atoms with E-state index in [1.54, 1.807) is 6.20 Å². The zero-order chi connectivity index (χ0) is 25.9. The van der Waals surface area contributed by atoms with Crippen LogP contribution in [0.25, 0.3) is 11.3 Å². The molecule has 0 spiro atoms. The summed E-state index contributed by atoms with van der Waals surface area (Å²) in [6.45, 7) is 5.22. The Balaban J connectivity index is 1.07. The van der Waals surface area contributed by atoms with Crippen LogP contribution in [0.15, 0.2) is 60.8 Å². The number of carbonyl (C=O) groups excluding carboxylic acids is 1. The standard InChI is InChI=1S/C29H34N6O3/c36-19-25-17-21-10-12-35(25)18-26(21)28(37)31-22-3-1-20(2-4-22)27-9-11-30-29(33-27)32-23-5-7-24(8-6-23)34-13-15-38-16-14-34/h1-9,11,21,25-26,36H,10,12-19H2,(H,31,37)(H,30,32,33)/t21?,25-,26+/m0/s1. The first-order chi connectivity index (χ1) is 18.7. The minimum absolute atomic E-state index is 0.0235. The number of anilines is 4. The first kappa shape index (κ1) is 24.8. The smallest absolute Gasteiger partial charge is 0.229 e. The lowest BCUT2D eigenvalue weighted by atomic mass is 9.75. The van der Waals surface area contributed by atoms with Crippen LogP contribution in [-0.2, 0) is 9.53 Å². The number of aliphatic hydroxyl groups is 1. The van der Waals surface area contributed by atoms with E-state index in [4.69, 9.17) is 9.72 Å². The predicted molar refractivity (Wildman–Crippen MR) is 148 cm³/mol. The van der Waals surface area contributed by atoms with Crippen molar-refractivity contribution in [1.82, 2.24) is 14.9 Å². The van der Waals surface area contributed by atoms with Gasteiger partial charge in [0.1, 0.15) is 0 Å².